The molecule has 19 heavy (non-hydrogen) atoms. The van der Waals surface area contributed by atoms with E-state index in [0.29, 0.717) is 0 Å². The summed E-state index contributed by atoms with van der Waals surface area (Å²) in [5, 5.41) is 0. The van der Waals surface area contributed by atoms with Crippen LogP contribution in [0, 0.1) is 6.92 Å². The molecule has 4 nitrogen and oxygen atoms in total. The second kappa shape index (κ2) is 5.36. The maximum atomic E-state index is 5.35. The SMILES string of the molecule is Cc1cncc(-c2ccc(N3CCOCC3)nc2)c1. The number of rotatable bonds is 2. The van der Waals surface area contributed by atoms with Crippen molar-refractivity contribution in [2.24, 2.45) is 0 Å². The quantitative estimate of drug-likeness (QED) is 0.825. The van der Waals surface area contributed by atoms with Gasteiger partial charge in [-0.05, 0) is 30.7 Å². The summed E-state index contributed by atoms with van der Waals surface area (Å²) in [6.45, 7) is 5.44. The molecule has 1 aliphatic heterocycles. The van der Waals surface area contributed by atoms with Crippen LogP contribution in [0.5, 0.6) is 0 Å². The smallest absolute Gasteiger partial charge is 0.128 e. The van der Waals surface area contributed by atoms with Crippen molar-refractivity contribution in [3.63, 3.8) is 0 Å². The van der Waals surface area contributed by atoms with Crippen LogP contribution >= 0.6 is 0 Å². The number of pyridine rings is 2. The lowest BCUT2D eigenvalue weighted by Crippen LogP contribution is -2.36. The molecule has 0 radical (unpaired) electrons. The van der Waals surface area contributed by atoms with Crippen LogP contribution < -0.4 is 4.90 Å². The number of hydrogen-bond acceptors (Lipinski definition) is 4. The van der Waals surface area contributed by atoms with Crippen molar-refractivity contribution < 1.29 is 4.74 Å². The van der Waals surface area contributed by atoms with E-state index in [1.54, 1.807) is 0 Å². The zero-order chi connectivity index (χ0) is 13.1. The predicted octanol–water partition coefficient (Wildman–Crippen LogP) is 2.29. The third-order valence-electron chi connectivity index (χ3n) is 3.29. The number of nitrogens with zero attached hydrogens (tertiary/aromatic N) is 3. The number of aromatic nitrogens is 2. The molecule has 1 aliphatic rings. The van der Waals surface area contributed by atoms with E-state index in [2.05, 4.69) is 33.1 Å². The first-order chi connectivity index (χ1) is 9.33. The van der Waals surface area contributed by atoms with Crippen LogP contribution in [0.3, 0.4) is 0 Å². The fourth-order valence-electron chi connectivity index (χ4n) is 2.25. The van der Waals surface area contributed by atoms with Gasteiger partial charge in [-0.15, -0.1) is 0 Å². The molecule has 1 fully saturated rings. The molecule has 3 heterocycles. The molecule has 0 spiro atoms. The van der Waals surface area contributed by atoms with E-state index in [9.17, 15) is 0 Å². The Bertz CT molecular complexity index is 548. The number of aryl methyl sites for hydroxylation is 1. The van der Waals surface area contributed by atoms with Gasteiger partial charge in [0.2, 0.25) is 0 Å². The maximum Gasteiger partial charge on any atom is 0.128 e. The first-order valence-electron chi connectivity index (χ1n) is 6.54. The number of hydrogen-bond donors (Lipinski definition) is 0. The largest absolute Gasteiger partial charge is 0.378 e. The molecule has 0 bridgehead atoms. The van der Waals surface area contributed by atoms with Crippen LogP contribution in [0.4, 0.5) is 5.82 Å². The van der Waals surface area contributed by atoms with Gasteiger partial charge in [-0.2, -0.15) is 0 Å². The Morgan fingerprint density at radius 3 is 2.58 bits per heavy atom. The van der Waals surface area contributed by atoms with E-state index >= 15 is 0 Å². The van der Waals surface area contributed by atoms with E-state index in [0.717, 1.165) is 48.8 Å². The summed E-state index contributed by atoms with van der Waals surface area (Å²) >= 11 is 0. The third kappa shape index (κ3) is 2.74. The second-order valence-electron chi connectivity index (χ2n) is 4.76. The second-order valence-corrected chi connectivity index (χ2v) is 4.76. The summed E-state index contributed by atoms with van der Waals surface area (Å²) in [6.07, 6.45) is 5.65. The van der Waals surface area contributed by atoms with Crippen molar-refractivity contribution >= 4 is 5.82 Å². The van der Waals surface area contributed by atoms with Gasteiger partial charge in [-0.3, -0.25) is 4.98 Å². The van der Waals surface area contributed by atoms with Gasteiger partial charge in [0.15, 0.2) is 0 Å². The molecule has 0 unspecified atom stereocenters. The van der Waals surface area contributed by atoms with Gasteiger partial charge in [0, 0.05) is 42.8 Å². The monoisotopic (exact) mass is 255 g/mol. The molecule has 3 rings (SSSR count). The molecule has 2 aromatic heterocycles. The molecular formula is C15H17N3O. The molecule has 0 atom stereocenters. The summed E-state index contributed by atoms with van der Waals surface area (Å²) in [4.78, 5) is 11.0. The van der Waals surface area contributed by atoms with E-state index < -0.39 is 0 Å². The van der Waals surface area contributed by atoms with Crippen LogP contribution in [-0.4, -0.2) is 36.3 Å². The summed E-state index contributed by atoms with van der Waals surface area (Å²) in [7, 11) is 0. The van der Waals surface area contributed by atoms with Gasteiger partial charge in [-0.1, -0.05) is 0 Å². The molecule has 0 aromatic carbocycles. The van der Waals surface area contributed by atoms with Gasteiger partial charge in [0.05, 0.1) is 13.2 Å². The zero-order valence-corrected chi connectivity index (χ0v) is 11.0. The third-order valence-corrected chi connectivity index (χ3v) is 3.29. The highest BCUT2D eigenvalue weighted by Gasteiger charge is 2.12. The maximum absolute atomic E-state index is 5.35. The lowest BCUT2D eigenvalue weighted by atomic mass is 10.1. The summed E-state index contributed by atoms with van der Waals surface area (Å²) in [5.74, 6) is 1.02. The fourth-order valence-corrected chi connectivity index (χ4v) is 2.25. The van der Waals surface area contributed by atoms with Crippen LogP contribution in [0.2, 0.25) is 0 Å². The number of ether oxygens (including phenoxy) is 1. The van der Waals surface area contributed by atoms with Crippen LogP contribution in [-0.2, 0) is 4.74 Å². The molecule has 0 N–H and O–H groups in total. The summed E-state index contributed by atoms with van der Waals surface area (Å²) in [5.41, 5.74) is 3.38. The van der Waals surface area contributed by atoms with Gasteiger partial charge in [-0.25, -0.2) is 4.98 Å². The Morgan fingerprint density at radius 2 is 1.89 bits per heavy atom. The Morgan fingerprint density at radius 1 is 1.05 bits per heavy atom. The predicted molar refractivity (Wildman–Crippen MR) is 75.2 cm³/mol. The Hall–Kier alpha value is -1.94. The molecule has 0 aliphatic carbocycles. The van der Waals surface area contributed by atoms with Crippen LogP contribution in [0.15, 0.2) is 36.8 Å². The minimum absolute atomic E-state index is 0.783. The van der Waals surface area contributed by atoms with Crippen molar-refractivity contribution in [3.05, 3.63) is 42.4 Å². The molecule has 2 aromatic rings. The lowest BCUT2D eigenvalue weighted by Gasteiger charge is -2.27. The number of anilines is 1. The van der Waals surface area contributed by atoms with E-state index in [-0.39, 0.29) is 0 Å². The topological polar surface area (TPSA) is 38.2 Å². The van der Waals surface area contributed by atoms with Crippen molar-refractivity contribution in [1.82, 2.24) is 9.97 Å². The highest BCUT2D eigenvalue weighted by atomic mass is 16.5. The van der Waals surface area contributed by atoms with Crippen molar-refractivity contribution in [2.75, 3.05) is 31.2 Å². The van der Waals surface area contributed by atoms with Gasteiger partial charge in [0.25, 0.3) is 0 Å². The minimum atomic E-state index is 0.783. The first-order valence-corrected chi connectivity index (χ1v) is 6.54. The summed E-state index contributed by atoms with van der Waals surface area (Å²) in [6, 6.07) is 6.30. The van der Waals surface area contributed by atoms with Gasteiger partial charge >= 0.3 is 0 Å². The molecule has 0 amide bonds. The molecule has 98 valence electrons. The highest BCUT2D eigenvalue weighted by Crippen LogP contribution is 2.21. The Balaban J connectivity index is 1.82. The Labute approximate surface area is 113 Å². The average Bonchev–Trinajstić information content (AvgIpc) is 2.48. The normalized spacial score (nSPS) is 15.5. The average molecular weight is 255 g/mol. The van der Waals surface area contributed by atoms with Crippen LogP contribution in [0.1, 0.15) is 5.56 Å². The highest BCUT2D eigenvalue weighted by molar-refractivity contribution is 5.63. The van der Waals surface area contributed by atoms with Crippen molar-refractivity contribution in [2.45, 2.75) is 6.92 Å². The first kappa shape index (κ1) is 12.1. The number of morpholine rings is 1. The summed E-state index contributed by atoms with van der Waals surface area (Å²) < 4.78 is 5.35. The van der Waals surface area contributed by atoms with Crippen molar-refractivity contribution in [3.8, 4) is 11.1 Å². The fraction of sp³-hybridized carbons (Fsp3) is 0.333. The van der Waals surface area contributed by atoms with Gasteiger partial charge < -0.3 is 9.64 Å². The molecule has 0 saturated carbocycles. The van der Waals surface area contributed by atoms with Gasteiger partial charge in [0.1, 0.15) is 5.82 Å². The molecular weight excluding hydrogens is 238 g/mol. The zero-order valence-electron chi connectivity index (χ0n) is 11.0. The molecule has 4 heteroatoms. The van der Waals surface area contributed by atoms with Crippen LogP contribution in [0.25, 0.3) is 11.1 Å². The van der Waals surface area contributed by atoms with E-state index in [1.807, 2.05) is 25.5 Å². The lowest BCUT2D eigenvalue weighted by molar-refractivity contribution is 0.122. The van der Waals surface area contributed by atoms with E-state index in [4.69, 9.17) is 4.74 Å². The standard InChI is InChI=1S/C15H17N3O/c1-12-8-14(10-16-9-12)13-2-3-15(17-11-13)18-4-6-19-7-5-18/h2-3,8-11H,4-7H2,1H3. The molecule has 1 saturated heterocycles. The van der Waals surface area contributed by atoms with Crippen molar-refractivity contribution in [1.29, 1.82) is 0 Å². The minimum Gasteiger partial charge on any atom is -0.378 e. The Kier molecular flexibility index (Phi) is 3.42. The van der Waals surface area contributed by atoms with E-state index in [1.165, 1.54) is 0 Å².